The molecular formula is C14H23N3O2. The molecule has 0 unspecified atom stereocenters. The third kappa shape index (κ3) is 3.58. The highest BCUT2D eigenvalue weighted by molar-refractivity contribution is 5.94. The van der Waals surface area contributed by atoms with Crippen LogP contribution >= 0.6 is 0 Å². The second kappa shape index (κ2) is 5.75. The van der Waals surface area contributed by atoms with Gasteiger partial charge in [-0.3, -0.25) is 15.1 Å². The van der Waals surface area contributed by atoms with Crippen LogP contribution in [0.3, 0.4) is 0 Å². The van der Waals surface area contributed by atoms with E-state index in [4.69, 9.17) is 10.3 Å². The number of carbonyl (C=O) groups excluding carboxylic acids is 1. The summed E-state index contributed by atoms with van der Waals surface area (Å²) in [4.78, 5) is 13.9. The zero-order valence-electron chi connectivity index (χ0n) is 11.7. The fourth-order valence-electron chi connectivity index (χ4n) is 2.58. The van der Waals surface area contributed by atoms with Crippen molar-refractivity contribution in [2.75, 3.05) is 13.1 Å². The van der Waals surface area contributed by atoms with Gasteiger partial charge in [0.1, 0.15) is 5.76 Å². The summed E-state index contributed by atoms with van der Waals surface area (Å²) in [5.74, 6) is 5.58. The predicted octanol–water partition coefficient (Wildman–Crippen LogP) is 1.90. The van der Waals surface area contributed by atoms with E-state index in [2.05, 4.69) is 24.2 Å². The van der Waals surface area contributed by atoms with Crippen molar-refractivity contribution in [1.82, 2.24) is 10.3 Å². The van der Waals surface area contributed by atoms with Gasteiger partial charge in [0.05, 0.1) is 18.4 Å². The Morgan fingerprint density at radius 2 is 2.26 bits per heavy atom. The van der Waals surface area contributed by atoms with Crippen molar-refractivity contribution in [2.45, 2.75) is 39.7 Å². The van der Waals surface area contributed by atoms with E-state index in [1.807, 2.05) is 0 Å². The molecule has 1 fully saturated rings. The van der Waals surface area contributed by atoms with E-state index in [1.165, 1.54) is 19.3 Å². The average Bonchev–Trinajstić information content (AvgIpc) is 2.75. The fourth-order valence-corrected chi connectivity index (χ4v) is 2.58. The van der Waals surface area contributed by atoms with Gasteiger partial charge in [-0.25, -0.2) is 5.84 Å². The zero-order chi connectivity index (χ0) is 13.9. The minimum atomic E-state index is -0.293. The van der Waals surface area contributed by atoms with Gasteiger partial charge < -0.3 is 4.42 Å². The summed E-state index contributed by atoms with van der Waals surface area (Å²) in [7, 11) is 0. The maximum atomic E-state index is 11.6. The van der Waals surface area contributed by atoms with Crippen molar-refractivity contribution < 1.29 is 9.21 Å². The maximum absolute atomic E-state index is 11.6. The lowest BCUT2D eigenvalue weighted by atomic mass is 9.85. The van der Waals surface area contributed by atoms with Crippen molar-refractivity contribution >= 4 is 5.91 Å². The van der Waals surface area contributed by atoms with Gasteiger partial charge in [0.25, 0.3) is 5.91 Å². The Bertz CT molecular complexity index is 440. The number of nitrogens with one attached hydrogen (secondary N) is 1. The molecule has 1 aromatic rings. The predicted molar refractivity (Wildman–Crippen MR) is 73.3 cm³/mol. The van der Waals surface area contributed by atoms with Crippen LogP contribution in [0.15, 0.2) is 16.7 Å². The standard InChI is InChI=1S/C14H23N3O2/c1-14(2)5-3-7-17(8-6-14)10-12-11(4-9-19-12)13(18)16-15/h4,9H,3,5-8,10,15H2,1-2H3,(H,16,18). The SMILES string of the molecule is CC1(C)CCCN(Cc2occc2C(=O)NN)CC1. The van der Waals surface area contributed by atoms with Gasteiger partial charge in [0.15, 0.2) is 0 Å². The van der Waals surface area contributed by atoms with Crippen LogP contribution in [-0.4, -0.2) is 23.9 Å². The number of likely N-dealkylation sites (tertiary alicyclic amines) is 1. The summed E-state index contributed by atoms with van der Waals surface area (Å²) in [6.45, 7) is 7.39. The van der Waals surface area contributed by atoms with Crippen LogP contribution in [0.5, 0.6) is 0 Å². The first kappa shape index (κ1) is 14.1. The number of hydrogen-bond acceptors (Lipinski definition) is 4. The smallest absolute Gasteiger partial charge is 0.268 e. The molecule has 1 aliphatic rings. The molecule has 0 atom stereocenters. The molecule has 106 valence electrons. The zero-order valence-corrected chi connectivity index (χ0v) is 11.7. The summed E-state index contributed by atoms with van der Waals surface area (Å²) in [5, 5.41) is 0. The van der Waals surface area contributed by atoms with Gasteiger partial charge in [0.2, 0.25) is 0 Å². The van der Waals surface area contributed by atoms with E-state index in [0.717, 1.165) is 13.1 Å². The monoisotopic (exact) mass is 265 g/mol. The molecule has 2 heterocycles. The van der Waals surface area contributed by atoms with Crippen LogP contribution in [0.1, 0.15) is 49.2 Å². The normalized spacial score (nSPS) is 19.9. The summed E-state index contributed by atoms with van der Waals surface area (Å²) >= 11 is 0. The fraction of sp³-hybridized carbons (Fsp3) is 0.643. The minimum Gasteiger partial charge on any atom is -0.467 e. The van der Waals surface area contributed by atoms with E-state index < -0.39 is 0 Å². The molecule has 1 amide bonds. The van der Waals surface area contributed by atoms with Crippen LogP contribution < -0.4 is 11.3 Å². The Kier molecular flexibility index (Phi) is 4.27. The van der Waals surface area contributed by atoms with Crippen LogP contribution in [0, 0.1) is 5.41 Å². The number of furan rings is 1. The molecule has 5 heteroatoms. The molecule has 0 radical (unpaired) electrons. The van der Waals surface area contributed by atoms with Gasteiger partial charge in [-0.15, -0.1) is 0 Å². The number of hydrazine groups is 1. The first-order valence-corrected chi connectivity index (χ1v) is 6.81. The molecule has 5 nitrogen and oxygen atoms in total. The number of amides is 1. The molecule has 2 rings (SSSR count). The number of hydrogen-bond donors (Lipinski definition) is 2. The lowest BCUT2D eigenvalue weighted by Crippen LogP contribution is -2.31. The molecule has 0 spiro atoms. The summed E-state index contributed by atoms with van der Waals surface area (Å²) in [6, 6.07) is 1.67. The highest BCUT2D eigenvalue weighted by Gasteiger charge is 2.24. The molecule has 1 saturated heterocycles. The maximum Gasteiger partial charge on any atom is 0.268 e. The Morgan fingerprint density at radius 3 is 3.00 bits per heavy atom. The molecule has 19 heavy (non-hydrogen) atoms. The molecule has 0 bridgehead atoms. The second-order valence-electron chi connectivity index (χ2n) is 6.02. The second-order valence-corrected chi connectivity index (χ2v) is 6.02. The number of nitrogens with zero attached hydrogens (tertiary/aromatic N) is 1. The third-order valence-corrected chi connectivity index (χ3v) is 3.92. The van der Waals surface area contributed by atoms with E-state index in [9.17, 15) is 4.79 Å². The van der Waals surface area contributed by atoms with Gasteiger partial charge in [-0.2, -0.15) is 0 Å². The first-order chi connectivity index (χ1) is 9.02. The van der Waals surface area contributed by atoms with Gasteiger partial charge in [-0.1, -0.05) is 13.8 Å². The van der Waals surface area contributed by atoms with Gasteiger partial charge in [-0.05, 0) is 43.8 Å². The third-order valence-electron chi connectivity index (χ3n) is 3.92. The number of nitrogens with two attached hydrogens (primary N) is 1. The topological polar surface area (TPSA) is 71.5 Å². The summed E-state index contributed by atoms with van der Waals surface area (Å²) in [6.07, 6.45) is 5.15. The molecule has 0 aliphatic carbocycles. The molecule has 3 N–H and O–H groups in total. The van der Waals surface area contributed by atoms with Crippen LogP contribution in [0.4, 0.5) is 0 Å². The van der Waals surface area contributed by atoms with Crippen molar-refractivity contribution in [3.05, 3.63) is 23.7 Å². The van der Waals surface area contributed by atoms with Crippen molar-refractivity contribution in [3.8, 4) is 0 Å². The summed E-state index contributed by atoms with van der Waals surface area (Å²) in [5.41, 5.74) is 3.10. The largest absolute Gasteiger partial charge is 0.467 e. The lowest BCUT2D eigenvalue weighted by Gasteiger charge is -2.22. The first-order valence-electron chi connectivity index (χ1n) is 6.81. The van der Waals surface area contributed by atoms with E-state index in [0.29, 0.717) is 23.3 Å². The molecule has 0 saturated carbocycles. The number of nitrogen functional groups attached to an aromatic ring is 1. The lowest BCUT2D eigenvalue weighted by molar-refractivity contribution is 0.0949. The minimum absolute atomic E-state index is 0.293. The van der Waals surface area contributed by atoms with Gasteiger partial charge >= 0.3 is 0 Å². The van der Waals surface area contributed by atoms with Crippen molar-refractivity contribution in [3.63, 3.8) is 0 Å². The van der Waals surface area contributed by atoms with Crippen LogP contribution in [-0.2, 0) is 6.54 Å². The summed E-state index contributed by atoms with van der Waals surface area (Å²) < 4.78 is 5.43. The van der Waals surface area contributed by atoms with Crippen molar-refractivity contribution in [1.29, 1.82) is 0 Å². The Balaban J connectivity index is 2.01. The molecule has 0 aromatic carbocycles. The van der Waals surface area contributed by atoms with E-state index in [1.54, 1.807) is 12.3 Å². The van der Waals surface area contributed by atoms with Crippen LogP contribution in [0.2, 0.25) is 0 Å². The Hall–Kier alpha value is -1.33. The quantitative estimate of drug-likeness (QED) is 0.497. The van der Waals surface area contributed by atoms with E-state index >= 15 is 0 Å². The highest BCUT2D eigenvalue weighted by atomic mass is 16.3. The molecule has 1 aromatic heterocycles. The van der Waals surface area contributed by atoms with Crippen molar-refractivity contribution in [2.24, 2.45) is 11.3 Å². The Labute approximate surface area is 114 Å². The Morgan fingerprint density at radius 1 is 1.47 bits per heavy atom. The number of carbonyl (C=O) groups is 1. The van der Waals surface area contributed by atoms with Gasteiger partial charge in [0, 0.05) is 0 Å². The van der Waals surface area contributed by atoms with Crippen LogP contribution in [0.25, 0.3) is 0 Å². The molecule has 1 aliphatic heterocycles. The highest BCUT2D eigenvalue weighted by Crippen LogP contribution is 2.30. The van der Waals surface area contributed by atoms with E-state index in [-0.39, 0.29) is 5.91 Å². The average molecular weight is 265 g/mol. The molecular weight excluding hydrogens is 242 g/mol. The number of rotatable bonds is 3.